The van der Waals surface area contributed by atoms with Gasteiger partial charge in [0, 0.05) is 6.21 Å². The van der Waals surface area contributed by atoms with Crippen LogP contribution in [0.5, 0.6) is 0 Å². The van der Waals surface area contributed by atoms with E-state index >= 15 is 0 Å². The fourth-order valence-corrected chi connectivity index (χ4v) is 1.17. The first-order valence-electron chi connectivity index (χ1n) is 3.43. The van der Waals surface area contributed by atoms with Crippen molar-refractivity contribution in [2.45, 2.75) is 6.54 Å². The second kappa shape index (κ2) is 2.21. The summed E-state index contributed by atoms with van der Waals surface area (Å²) in [6.07, 6.45) is 1.82. The van der Waals surface area contributed by atoms with Crippen LogP contribution in [0.3, 0.4) is 0 Å². The normalized spacial score (nSPS) is 12.6. The minimum Gasteiger partial charge on any atom is -0.288 e. The molecule has 2 rings (SSSR count). The van der Waals surface area contributed by atoms with E-state index in [0.29, 0.717) is 5.56 Å². The molecule has 0 atom stereocenters. The number of hydrogen-bond acceptors (Lipinski definition) is 2. The van der Waals surface area contributed by atoms with Crippen LogP contribution in [0.2, 0.25) is 0 Å². The van der Waals surface area contributed by atoms with Crippen LogP contribution >= 0.6 is 0 Å². The highest BCUT2D eigenvalue weighted by Gasteiger charge is 2.05. The highest BCUT2D eigenvalue weighted by molar-refractivity contribution is 5.84. The molecule has 1 aliphatic heterocycles. The monoisotopic (exact) mass is 142 g/mol. The molecular weight excluding hydrogens is 136 g/mol. The Morgan fingerprint density at radius 1 is 1.45 bits per heavy atom. The van der Waals surface area contributed by atoms with Crippen LogP contribution in [0.15, 0.2) is 23.2 Å². The molecule has 0 saturated carbocycles. The molecule has 0 N–H and O–H groups in total. The predicted octanol–water partition coefficient (Wildman–Crippen LogP) is 1.49. The van der Waals surface area contributed by atoms with E-state index in [2.05, 4.69) is 11.1 Å². The zero-order valence-corrected chi connectivity index (χ0v) is 5.91. The molecule has 52 valence electrons. The first-order chi connectivity index (χ1) is 5.40. The highest BCUT2D eigenvalue weighted by atomic mass is 14.7. The summed E-state index contributed by atoms with van der Waals surface area (Å²) in [7, 11) is 0. The quantitative estimate of drug-likeness (QED) is 0.540. The van der Waals surface area contributed by atoms with Crippen molar-refractivity contribution in [2.75, 3.05) is 0 Å². The lowest BCUT2D eigenvalue weighted by Crippen LogP contribution is -1.84. The SMILES string of the molecule is N#Cc1ccc2c(c1)C=NC2. The van der Waals surface area contributed by atoms with Crippen molar-refractivity contribution in [3.63, 3.8) is 0 Å². The van der Waals surface area contributed by atoms with Crippen LogP contribution in [0.1, 0.15) is 16.7 Å². The van der Waals surface area contributed by atoms with Gasteiger partial charge in [0.25, 0.3) is 0 Å². The first-order valence-corrected chi connectivity index (χ1v) is 3.43. The van der Waals surface area contributed by atoms with Gasteiger partial charge in [0.05, 0.1) is 18.2 Å². The zero-order chi connectivity index (χ0) is 7.68. The number of nitriles is 1. The second-order valence-electron chi connectivity index (χ2n) is 2.50. The van der Waals surface area contributed by atoms with Crippen LogP contribution < -0.4 is 0 Å². The van der Waals surface area contributed by atoms with Crippen molar-refractivity contribution in [1.82, 2.24) is 0 Å². The molecule has 0 saturated heterocycles. The molecule has 1 aromatic carbocycles. The van der Waals surface area contributed by atoms with Gasteiger partial charge in [0.2, 0.25) is 0 Å². The largest absolute Gasteiger partial charge is 0.288 e. The molecule has 1 aromatic rings. The van der Waals surface area contributed by atoms with Gasteiger partial charge in [0.15, 0.2) is 0 Å². The van der Waals surface area contributed by atoms with Crippen LogP contribution in [-0.2, 0) is 6.54 Å². The minimum absolute atomic E-state index is 0.706. The zero-order valence-electron chi connectivity index (χ0n) is 5.91. The standard InChI is InChI=1S/C9H6N2/c10-4-7-1-2-8-5-11-6-9(8)3-7/h1-3,6H,5H2. The van der Waals surface area contributed by atoms with E-state index in [9.17, 15) is 0 Å². The maximum absolute atomic E-state index is 8.57. The number of hydrogen-bond donors (Lipinski definition) is 0. The van der Waals surface area contributed by atoms with Crippen molar-refractivity contribution >= 4 is 6.21 Å². The summed E-state index contributed by atoms with van der Waals surface area (Å²) in [5, 5.41) is 8.57. The van der Waals surface area contributed by atoms with Gasteiger partial charge in [-0.3, -0.25) is 4.99 Å². The van der Waals surface area contributed by atoms with Crippen molar-refractivity contribution in [3.05, 3.63) is 34.9 Å². The average molecular weight is 142 g/mol. The van der Waals surface area contributed by atoms with E-state index in [0.717, 1.165) is 12.1 Å². The third kappa shape index (κ3) is 0.908. The van der Waals surface area contributed by atoms with Crippen LogP contribution in [0, 0.1) is 11.3 Å². The molecule has 0 aliphatic carbocycles. The molecule has 0 radical (unpaired) electrons. The second-order valence-corrected chi connectivity index (χ2v) is 2.50. The number of rotatable bonds is 0. The van der Waals surface area contributed by atoms with E-state index in [1.165, 1.54) is 5.56 Å². The van der Waals surface area contributed by atoms with E-state index < -0.39 is 0 Å². The van der Waals surface area contributed by atoms with E-state index in [1.54, 1.807) is 0 Å². The van der Waals surface area contributed by atoms with Crippen LogP contribution in [0.4, 0.5) is 0 Å². The van der Waals surface area contributed by atoms with Crippen molar-refractivity contribution in [3.8, 4) is 6.07 Å². The third-order valence-electron chi connectivity index (χ3n) is 1.77. The van der Waals surface area contributed by atoms with E-state index in [1.807, 2.05) is 24.4 Å². The Morgan fingerprint density at radius 2 is 2.36 bits per heavy atom. The number of fused-ring (bicyclic) bond motifs is 1. The van der Waals surface area contributed by atoms with Crippen molar-refractivity contribution in [2.24, 2.45) is 4.99 Å². The van der Waals surface area contributed by atoms with Crippen LogP contribution in [-0.4, -0.2) is 6.21 Å². The molecule has 0 amide bonds. The Bertz CT molecular complexity index is 358. The maximum Gasteiger partial charge on any atom is 0.0991 e. The molecule has 0 aromatic heterocycles. The van der Waals surface area contributed by atoms with Crippen molar-refractivity contribution in [1.29, 1.82) is 5.26 Å². The Labute approximate surface area is 64.8 Å². The maximum atomic E-state index is 8.57. The van der Waals surface area contributed by atoms with Gasteiger partial charge in [-0.1, -0.05) is 6.07 Å². The average Bonchev–Trinajstić information content (AvgIpc) is 2.50. The summed E-state index contributed by atoms with van der Waals surface area (Å²) in [4.78, 5) is 4.09. The van der Waals surface area contributed by atoms with Crippen LogP contribution in [0.25, 0.3) is 0 Å². The molecule has 2 nitrogen and oxygen atoms in total. The van der Waals surface area contributed by atoms with Gasteiger partial charge >= 0.3 is 0 Å². The topological polar surface area (TPSA) is 36.1 Å². The molecule has 0 bridgehead atoms. The van der Waals surface area contributed by atoms with Gasteiger partial charge in [-0.25, -0.2) is 0 Å². The number of aliphatic imine (C=N–C) groups is 1. The summed E-state index contributed by atoms with van der Waals surface area (Å²) in [6, 6.07) is 7.75. The molecule has 1 aliphatic rings. The Morgan fingerprint density at radius 3 is 3.18 bits per heavy atom. The molecule has 2 heteroatoms. The lowest BCUT2D eigenvalue weighted by atomic mass is 10.1. The fourth-order valence-electron chi connectivity index (χ4n) is 1.17. The molecule has 0 unspecified atom stereocenters. The Balaban J connectivity index is 2.58. The smallest absolute Gasteiger partial charge is 0.0991 e. The van der Waals surface area contributed by atoms with Gasteiger partial charge in [-0.2, -0.15) is 5.26 Å². The molecule has 0 spiro atoms. The van der Waals surface area contributed by atoms with E-state index in [4.69, 9.17) is 5.26 Å². The number of benzene rings is 1. The van der Waals surface area contributed by atoms with Gasteiger partial charge in [-0.05, 0) is 23.3 Å². The molecule has 1 heterocycles. The minimum atomic E-state index is 0.706. The van der Waals surface area contributed by atoms with Crippen molar-refractivity contribution < 1.29 is 0 Å². The Hall–Kier alpha value is -1.62. The lowest BCUT2D eigenvalue weighted by Gasteiger charge is -1.94. The fraction of sp³-hybridized carbons (Fsp3) is 0.111. The third-order valence-corrected chi connectivity index (χ3v) is 1.77. The summed E-state index contributed by atoms with van der Waals surface area (Å²) in [5.41, 5.74) is 3.00. The molecular formula is C9H6N2. The van der Waals surface area contributed by atoms with Gasteiger partial charge in [-0.15, -0.1) is 0 Å². The lowest BCUT2D eigenvalue weighted by molar-refractivity contribution is 1.11. The number of nitrogens with zero attached hydrogens (tertiary/aromatic N) is 2. The Kier molecular flexibility index (Phi) is 1.23. The summed E-state index contributed by atoms with van der Waals surface area (Å²) in [5.74, 6) is 0. The summed E-state index contributed by atoms with van der Waals surface area (Å²) >= 11 is 0. The molecule has 11 heavy (non-hydrogen) atoms. The van der Waals surface area contributed by atoms with Gasteiger partial charge in [0.1, 0.15) is 0 Å². The molecule has 0 fully saturated rings. The highest BCUT2D eigenvalue weighted by Crippen LogP contribution is 2.15. The predicted molar refractivity (Wildman–Crippen MR) is 42.5 cm³/mol. The van der Waals surface area contributed by atoms with Gasteiger partial charge < -0.3 is 0 Å². The van der Waals surface area contributed by atoms with E-state index in [-0.39, 0.29) is 0 Å². The summed E-state index contributed by atoms with van der Waals surface area (Å²) in [6.45, 7) is 0.765. The summed E-state index contributed by atoms with van der Waals surface area (Å²) < 4.78 is 0. The first kappa shape index (κ1) is 6.11.